The molecule has 3 amide bonds. The second kappa shape index (κ2) is 14.3. The Hall–Kier alpha value is -6.38. The zero-order chi connectivity index (χ0) is 38.2. The van der Waals surface area contributed by atoms with Crippen LogP contribution in [0.2, 0.25) is 0 Å². The molecular formula is C38H38F2N8O5. The number of nitrogens with two attached hydrogens (primary N) is 2. The van der Waals surface area contributed by atoms with E-state index in [2.05, 4.69) is 15.4 Å². The maximum absolute atomic E-state index is 15.7. The van der Waals surface area contributed by atoms with Crippen molar-refractivity contribution in [1.82, 2.24) is 24.2 Å². The summed E-state index contributed by atoms with van der Waals surface area (Å²) in [6.07, 6.45) is 7.35. The van der Waals surface area contributed by atoms with Gasteiger partial charge in [-0.05, 0) is 75.6 Å². The summed E-state index contributed by atoms with van der Waals surface area (Å²) in [7, 11) is 1.44. The van der Waals surface area contributed by atoms with Gasteiger partial charge in [0.25, 0.3) is 11.8 Å². The highest BCUT2D eigenvalue weighted by Crippen LogP contribution is 2.33. The van der Waals surface area contributed by atoms with Gasteiger partial charge in [-0.3, -0.25) is 19.1 Å². The van der Waals surface area contributed by atoms with Crippen LogP contribution in [0.1, 0.15) is 60.5 Å². The van der Waals surface area contributed by atoms with Crippen molar-refractivity contribution in [2.24, 2.45) is 12.8 Å². The molecule has 15 heteroatoms. The standard InChI is InChI=1S/C38H38F2N8O5/c1-38(2,3)53-37(52)47-13-11-26(12-14-47)48-19-23(18-44-48)22-15-28(34(41)43-17-22)27-10-9-25(16-30(27)40)45-36(51)29-20-46(4)32(35(42)50)31(33(29)49)21-5-7-24(39)8-6-21/h5-10,15-20,26H,11-14H2,1-4H3,(H2,41,43)(H2,42,50)(H,45,51). The Balaban J connectivity index is 1.20. The molecular weight excluding hydrogens is 686 g/mol. The summed E-state index contributed by atoms with van der Waals surface area (Å²) in [6.45, 7) is 6.57. The number of ether oxygens (including phenoxy) is 1. The lowest BCUT2D eigenvalue weighted by molar-refractivity contribution is 0.0184. The fourth-order valence-corrected chi connectivity index (χ4v) is 6.26. The topological polar surface area (TPSA) is 180 Å². The first-order valence-electron chi connectivity index (χ1n) is 16.8. The molecule has 1 aliphatic heterocycles. The zero-order valence-electron chi connectivity index (χ0n) is 29.5. The van der Waals surface area contributed by atoms with Gasteiger partial charge in [0.1, 0.15) is 34.3 Å². The van der Waals surface area contributed by atoms with Crippen LogP contribution in [0.15, 0.2) is 78.1 Å². The summed E-state index contributed by atoms with van der Waals surface area (Å²) in [4.78, 5) is 57.6. The number of anilines is 2. The smallest absolute Gasteiger partial charge is 0.410 e. The van der Waals surface area contributed by atoms with Crippen LogP contribution in [0.25, 0.3) is 33.4 Å². The number of likely N-dealkylation sites (tertiary alicyclic amines) is 1. The summed E-state index contributed by atoms with van der Waals surface area (Å²) in [6, 6.07) is 10.6. The number of rotatable bonds is 7. The maximum atomic E-state index is 15.7. The third-order valence-corrected chi connectivity index (χ3v) is 8.86. The second-order valence-electron chi connectivity index (χ2n) is 13.8. The number of nitrogen functional groups attached to an aromatic ring is 1. The van der Waals surface area contributed by atoms with Crippen LogP contribution in [0.5, 0.6) is 0 Å². The number of piperidine rings is 1. The van der Waals surface area contributed by atoms with Gasteiger partial charge in [0.05, 0.1) is 17.8 Å². The molecule has 0 bridgehead atoms. The first-order valence-corrected chi connectivity index (χ1v) is 16.8. The molecule has 1 fully saturated rings. The van der Waals surface area contributed by atoms with Crippen LogP contribution in [-0.4, -0.2) is 60.8 Å². The minimum Gasteiger partial charge on any atom is -0.444 e. The number of hydrogen-bond acceptors (Lipinski definition) is 8. The normalized spacial score (nSPS) is 13.5. The summed E-state index contributed by atoms with van der Waals surface area (Å²) in [5.74, 6) is -2.98. The Kier molecular flexibility index (Phi) is 9.84. The quantitative estimate of drug-likeness (QED) is 0.189. The van der Waals surface area contributed by atoms with Crippen LogP contribution < -0.4 is 22.2 Å². The number of pyridine rings is 2. The molecule has 0 unspecified atom stereocenters. The molecule has 0 radical (unpaired) electrons. The van der Waals surface area contributed by atoms with Crippen molar-refractivity contribution in [2.45, 2.75) is 45.3 Å². The molecule has 4 heterocycles. The lowest BCUT2D eigenvalue weighted by atomic mass is 9.99. The molecule has 5 N–H and O–H groups in total. The molecule has 0 spiro atoms. The Labute approximate surface area is 303 Å². The number of carbonyl (C=O) groups excluding carboxylic acids is 3. The van der Waals surface area contributed by atoms with Crippen molar-refractivity contribution in [3.63, 3.8) is 0 Å². The lowest BCUT2D eigenvalue weighted by Gasteiger charge is -2.33. The van der Waals surface area contributed by atoms with Crippen LogP contribution in [0.3, 0.4) is 0 Å². The van der Waals surface area contributed by atoms with Crippen molar-refractivity contribution < 1.29 is 27.9 Å². The molecule has 0 atom stereocenters. The van der Waals surface area contributed by atoms with E-state index in [4.69, 9.17) is 16.2 Å². The van der Waals surface area contributed by atoms with Gasteiger partial charge < -0.3 is 31.0 Å². The van der Waals surface area contributed by atoms with Crippen LogP contribution >= 0.6 is 0 Å². The number of nitrogens with one attached hydrogen (secondary N) is 1. The lowest BCUT2D eigenvalue weighted by Crippen LogP contribution is -2.42. The number of carbonyl (C=O) groups is 3. The minimum atomic E-state index is -0.919. The molecule has 5 aromatic rings. The Bertz CT molecular complexity index is 2290. The van der Waals surface area contributed by atoms with Crippen molar-refractivity contribution in [3.05, 3.63) is 106 Å². The Morgan fingerprint density at radius 3 is 2.26 bits per heavy atom. The summed E-state index contributed by atoms with van der Waals surface area (Å²) < 4.78 is 37.9. The maximum Gasteiger partial charge on any atom is 0.410 e. The number of hydrogen-bond donors (Lipinski definition) is 3. The number of amides is 3. The van der Waals surface area contributed by atoms with E-state index < -0.39 is 34.5 Å². The molecule has 2 aromatic carbocycles. The fraction of sp³-hybridized carbons (Fsp3) is 0.263. The van der Waals surface area contributed by atoms with E-state index in [0.29, 0.717) is 37.1 Å². The van der Waals surface area contributed by atoms with E-state index in [1.165, 1.54) is 35.9 Å². The average molecular weight is 725 g/mol. The van der Waals surface area contributed by atoms with E-state index in [0.717, 1.165) is 30.0 Å². The highest BCUT2D eigenvalue weighted by molar-refractivity contribution is 6.06. The molecule has 6 rings (SSSR count). The van der Waals surface area contributed by atoms with Gasteiger partial charge in [-0.15, -0.1) is 0 Å². The third kappa shape index (κ3) is 7.78. The number of benzene rings is 2. The van der Waals surface area contributed by atoms with Gasteiger partial charge in [0.15, 0.2) is 0 Å². The number of nitrogens with zero attached hydrogens (tertiary/aromatic N) is 5. The molecule has 274 valence electrons. The van der Waals surface area contributed by atoms with Crippen LogP contribution in [0.4, 0.5) is 25.1 Å². The largest absolute Gasteiger partial charge is 0.444 e. The molecule has 0 saturated carbocycles. The monoisotopic (exact) mass is 724 g/mol. The molecule has 53 heavy (non-hydrogen) atoms. The predicted octanol–water partition coefficient (Wildman–Crippen LogP) is 5.76. The summed E-state index contributed by atoms with van der Waals surface area (Å²) >= 11 is 0. The van der Waals surface area contributed by atoms with E-state index in [1.807, 2.05) is 31.6 Å². The number of aromatic nitrogens is 4. The molecule has 0 aliphatic carbocycles. The second-order valence-corrected chi connectivity index (χ2v) is 13.8. The predicted molar refractivity (Wildman–Crippen MR) is 195 cm³/mol. The number of primary amides is 1. The SMILES string of the molecule is Cn1cc(C(=O)Nc2ccc(-c3cc(-c4cnn(C5CCN(C(=O)OC(C)(C)C)CC5)c4)cnc3N)c(F)c2)c(=O)c(-c2ccc(F)cc2)c1C(N)=O. The highest BCUT2D eigenvalue weighted by atomic mass is 19.1. The molecule has 13 nitrogen and oxygen atoms in total. The first-order chi connectivity index (χ1) is 25.1. The third-order valence-electron chi connectivity index (χ3n) is 8.86. The molecule has 1 saturated heterocycles. The van der Waals surface area contributed by atoms with E-state index in [1.54, 1.807) is 23.4 Å². The molecule has 3 aromatic heterocycles. The van der Waals surface area contributed by atoms with Gasteiger partial charge >= 0.3 is 6.09 Å². The Morgan fingerprint density at radius 1 is 0.925 bits per heavy atom. The average Bonchev–Trinajstić information content (AvgIpc) is 3.59. The van der Waals surface area contributed by atoms with Gasteiger partial charge in [0.2, 0.25) is 5.43 Å². The van der Waals surface area contributed by atoms with Gasteiger partial charge in [-0.25, -0.2) is 18.6 Å². The molecule has 1 aliphatic rings. The fourth-order valence-electron chi connectivity index (χ4n) is 6.26. The summed E-state index contributed by atoms with van der Waals surface area (Å²) in [5.41, 5.74) is 11.7. The van der Waals surface area contributed by atoms with Crippen molar-refractivity contribution >= 4 is 29.4 Å². The van der Waals surface area contributed by atoms with E-state index in [-0.39, 0.29) is 51.6 Å². The van der Waals surface area contributed by atoms with Crippen molar-refractivity contribution in [1.29, 1.82) is 0 Å². The van der Waals surface area contributed by atoms with E-state index in [9.17, 15) is 23.6 Å². The number of halogens is 2. The van der Waals surface area contributed by atoms with E-state index >= 15 is 4.39 Å². The van der Waals surface area contributed by atoms with Gasteiger partial charge in [-0.2, -0.15) is 5.10 Å². The van der Waals surface area contributed by atoms with Crippen LogP contribution in [-0.2, 0) is 11.8 Å². The number of aryl methyl sites for hydroxylation is 1. The zero-order valence-corrected chi connectivity index (χ0v) is 29.5. The highest BCUT2D eigenvalue weighted by Gasteiger charge is 2.28. The van der Waals surface area contributed by atoms with Crippen molar-refractivity contribution in [2.75, 3.05) is 24.1 Å². The van der Waals surface area contributed by atoms with Gasteiger partial charge in [0, 0.05) is 66.7 Å². The minimum absolute atomic E-state index is 0.0438. The van der Waals surface area contributed by atoms with Gasteiger partial charge in [-0.1, -0.05) is 12.1 Å². The van der Waals surface area contributed by atoms with Crippen LogP contribution in [0, 0.1) is 11.6 Å². The first kappa shape index (κ1) is 36.4. The van der Waals surface area contributed by atoms with Crippen molar-refractivity contribution in [3.8, 4) is 33.4 Å². The summed E-state index contributed by atoms with van der Waals surface area (Å²) in [5, 5.41) is 7.08. The Morgan fingerprint density at radius 2 is 1.62 bits per heavy atom.